The van der Waals surface area contributed by atoms with Crippen molar-refractivity contribution < 1.29 is 14.6 Å². The zero-order chi connectivity index (χ0) is 19.6. The highest BCUT2D eigenvalue weighted by molar-refractivity contribution is 5.83. The number of aliphatic hydroxyl groups excluding tert-OH is 1. The first-order valence-electron chi connectivity index (χ1n) is 9.98. The lowest BCUT2D eigenvalue weighted by Crippen LogP contribution is -2.42. The molecule has 0 spiro atoms. The van der Waals surface area contributed by atoms with Crippen molar-refractivity contribution in [3.8, 4) is 0 Å². The first-order chi connectivity index (χ1) is 13.6. The van der Waals surface area contributed by atoms with E-state index in [-0.39, 0.29) is 12.4 Å². The molecule has 2 heterocycles. The Labute approximate surface area is 164 Å². The predicted molar refractivity (Wildman–Crippen MR) is 108 cm³/mol. The zero-order valence-electron chi connectivity index (χ0n) is 16.0. The second-order valence-electron chi connectivity index (χ2n) is 7.73. The molecule has 1 fully saturated rings. The fraction of sp³-hybridized carbons (Fsp3) is 0.391. The molecular formula is C23H27FN2O2. The summed E-state index contributed by atoms with van der Waals surface area (Å²) in [7, 11) is 0. The number of halogens is 1. The van der Waals surface area contributed by atoms with Crippen molar-refractivity contribution in [3.05, 3.63) is 71.7 Å². The van der Waals surface area contributed by atoms with Gasteiger partial charge in [0.2, 0.25) is 0 Å². The Morgan fingerprint density at radius 2 is 1.71 bits per heavy atom. The van der Waals surface area contributed by atoms with Gasteiger partial charge >= 0.3 is 0 Å². The van der Waals surface area contributed by atoms with Crippen LogP contribution < -0.4 is 0 Å². The lowest BCUT2D eigenvalue weighted by Gasteiger charge is -2.38. The topological polar surface area (TPSA) is 48.6 Å². The normalized spacial score (nSPS) is 17.2. The number of hydrogen-bond acceptors (Lipinski definition) is 3. The van der Waals surface area contributed by atoms with Crippen molar-refractivity contribution in [2.75, 3.05) is 19.7 Å². The lowest BCUT2D eigenvalue weighted by atomic mass is 9.84. The summed E-state index contributed by atoms with van der Waals surface area (Å²) >= 11 is 0. The summed E-state index contributed by atoms with van der Waals surface area (Å²) in [6.07, 6.45) is 3.96. The molecule has 0 aliphatic carbocycles. The van der Waals surface area contributed by atoms with Crippen LogP contribution in [0.4, 0.5) is 4.39 Å². The van der Waals surface area contributed by atoms with Gasteiger partial charge in [-0.3, -0.25) is 4.90 Å². The third-order valence-electron chi connectivity index (χ3n) is 5.88. The van der Waals surface area contributed by atoms with Gasteiger partial charge in [0.1, 0.15) is 5.82 Å². The number of benzene rings is 2. The Bertz CT molecular complexity index is 945. The van der Waals surface area contributed by atoms with E-state index in [1.807, 2.05) is 6.07 Å². The number of fused-ring (bicyclic) bond motifs is 1. The summed E-state index contributed by atoms with van der Waals surface area (Å²) in [5, 5.41) is 21.4. The van der Waals surface area contributed by atoms with Gasteiger partial charge in [0.15, 0.2) is 0 Å². The first-order valence-corrected chi connectivity index (χ1v) is 9.98. The van der Waals surface area contributed by atoms with Crippen molar-refractivity contribution in [1.29, 1.82) is 0 Å². The van der Waals surface area contributed by atoms with Crippen LogP contribution >= 0.6 is 0 Å². The molecule has 5 heteroatoms. The van der Waals surface area contributed by atoms with Crippen LogP contribution in [0.5, 0.6) is 0 Å². The molecule has 1 aliphatic rings. The molecule has 0 unspecified atom stereocenters. The molecule has 3 aromatic rings. The number of hydrogen-bond donors (Lipinski definition) is 2. The van der Waals surface area contributed by atoms with Crippen LogP contribution in [-0.4, -0.2) is 39.4 Å². The molecule has 4 nitrogen and oxygen atoms in total. The van der Waals surface area contributed by atoms with Crippen LogP contribution in [-0.2, 0) is 18.7 Å². The number of rotatable bonds is 6. The quantitative estimate of drug-likeness (QED) is 0.684. The number of piperidine rings is 1. The number of para-hydroxylation sites is 1. The van der Waals surface area contributed by atoms with Gasteiger partial charge in [-0.25, -0.2) is 4.39 Å². The van der Waals surface area contributed by atoms with Crippen LogP contribution in [0, 0.1) is 5.82 Å². The number of aryl methyl sites for hydroxylation is 1. The number of likely N-dealkylation sites (tertiary alicyclic amines) is 1. The Kier molecular flexibility index (Phi) is 5.49. The van der Waals surface area contributed by atoms with Gasteiger partial charge in [-0.1, -0.05) is 36.4 Å². The van der Waals surface area contributed by atoms with E-state index in [0.29, 0.717) is 18.4 Å². The highest BCUT2D eigenvalue weighted by atomic mass is 19.1. The molecule has 0 radical (unpaired) electrons. The third-order valence-corrected chi connectivity index (χ3v) is 5.88. The largest absolute Gasteiger partial charge is 0.396 e. The van der Waals surface area contributed by atoms with Gasteiger partial charge in [0.25, 0.3) is 0 Å². The van der Waals surface area contributed by atoms with Gasteiger partial charge in [-0.15, -0.1) is 0 Å². The van der Waals surface area contributed by atoms with E-state index in [2.05, 4.69) is 33.9 Å². The Hall–Kier alpha value is -2.21. The van der Waals surface area contributed by atoms with E-state index in [1.54, 1.807) is 18.2 Å². The maximum Gasteiger partial charge on any atom is 0.129 e. The summed E-state index contributed by atoms with van der Waals surface area (Å²) in [6, 6.07) is 14.9. The minimum Gasteiger partial charge on any atom is -0.396 e. The molecule has 0 atom stereocenters. The molecule has 1 aromatic heterocycles. The van der Waals surface area contributed by atoms with Crippen LogP contribution in [0.1, 0.15) is 30.4 Å². The average molecular weight is 382 g/mol. The van der Waals surface area contributed by atoms with E-state index in [1.165, 1.54) is 22.5 Å². The van der Waals surface area contributed by atoms with Crippen molar-refractivity contribution in [2.45, 2.75) is 38.0 Å². The number of aromatic nitrogens is 1. The Balaban J connectivity index is 1.49. The maximum absolute atomic E-state index is 14.1. The fourth-order valence-corrected chi connectivity index (χ4v) is 4.30. The molecule has 4 rings (SSSR count). The van der Waals surface area contributed by atoms with Gasteiger partial charge in [-0.05, 0) is 37.0 Å². The summed E-state index contributed by atoms with van der Waals surface area (Å²) in [4.78, 5) is 2.33. The number of aliphatic hydroxyl groups is 2. The van der Waals surface area contributed by atoms with Crippen molar-refractivity contribution in [3.63, 3.8) is 0 Å². The van der Waals surface area contributed by atoms with Crippen LogP contribution in [0.15, 0.2) is 54.7 Å². The van der Waals surface area contributed by atoms with Crippen LogP contribution in [0.2, 0.25) is 0 Å². The minimum atomic E-state index is -1.09. The van der Waals surface area contributed by atoms with Gasteiger partial charge < -0.3 is 14.8 Å². The van der Waals surface area contributed by atoms with Crippen molar-refractivity contribution >= 4 is 10.9 Å². The van der Waals surface area contributed by atoms with E-state index in [4.69, 9.17) is 5.11 Å². The molecule has 2 N–H and O–H groups in total. The molecule has 0 bridgehead atoms. The van der Waals surface area contributed by atoms with Crippen molar-refractivity contribution in [1.82, 2.24) is 9.47 Å². The van der Waals surface area contributed by atoms with E-state index in [0.717, 1.165) is 32.6 Å². The van der Waals surface area contributed by atoms with Gasteiger partial charge in [0.05, 0.1) is 5.60 Å². The first kappa shape index (κ1) is 19.1. The highest BCUT2D eigenvalue weighted by Gasteiger charge is 2.36. The van der Waals surface area contributed by atoms with Gasteiger partial charge in [0, 0.05) is 55.4 Å². The third kappa shape index (κ3) is 3.70. The average Bonchev–Trinajstić information content (AvgIpc) is 3.06. The van der Waals surface area contributed by atoms with E-state index >= 15 is 0 Å². The van der Waals surface area contributed by atoms with E-state index < -0.39 is 5.60 Å². The molecule has 2 aromatic carbocycles. The van der Waals surface area contributed by atoms with Crippen LogP contribution in [0.25, 0.3) is 10.9 Å². The van der Waals surface area contributed by atoms with Gasteiger partial charge in [-0.2, -0.15) is 0 Å². The predicted octanol–water partition coefficient (Wildman–Crippen LogP) is 3.65. The standard InChI is InChI=1S/C23H27FN2O2/c24-21-8-3-2-7-20(21)23(28)10-13-25(14-11-23)16-18-17-26(12-5-15-27)22-9-4-1-6-19(18)22/h1-4,6-9,17,27-28H,5,10-16H2. The molecule has 1 saturated heterocycles. The molecule has 0 saturated carbocycles. The highest BCUT2D eigenvalue weighted by Crippen LogP contribution is 2.35. The minimum absolute atomic E-state index is 0.183. The Morgan fingerprint density at radius 3 is 2.46 bits per heavy atom. The lowest BCUT2D eigenvalue weighted by molar-refractivity contribution is -0.0301. The molecule has 1 aliphatic heterocycles. The maximum atomic E-state index is 14.1. The Morgan fingerprint density at radius 1 is 1.00 bits per heavy atom. The smallest absolute Gasteiger partial charge is 0.129 e. The summed E-state index contributed by atoms with van der Waals surface area (Å²) in [6.45, 7) is 3.23. The number of nitrogens with zero attached hydrogens (tertiary/aromatic N) is 2. The summed E-state index contributed by atoms with van der Waals surface area (Å²) < 4.78 is 16.4. The molecule has 148 valence electrons. The molecule has 28 heavy (non-hydrogen) atoms. The van der Waals surface area contributed by atoms with Crippen LogP contribution in [0.3, 0.4) is 0 Å². The monoisotopic (exact) mass is 382 g/mol. The van der Waals surface area contributed by atoms with E-state index in [9.17, 15) is 9.50 Å². The fourth-order valence-electron chi connectivity index (χ4n) is 4.30. The SMILES string of the molecule is OCCCn1cc(CN2CCC(O)(c3ccccc3F)CC2)c2ccccc21. The van der Waals surface area contributed by atoms with Crippen molar-refractivity contribution in [2.24, 2.45) is 0 Å². The summed E-state index contributed by atoms with van der Waals surface area (Å²) in [5.41, 5.74) is 1.77. The second kappa shape index (κ2) is 8.03. The second-order valence-corrected chi connectivity index (χ2v) is 7.73. The summed E-state index contributed by atoms with van der Waals surface area (Å²) in [5.74, 6) is -0.328. The zero-order valence-corrected chi connectivity index (χ0v) is 16.0. The molecular weight excluding hydrogens is 355 g/mol. The molecule has 0 amide bonds.